The van der Waals surface area contributed by atoms with Crippen LogP contribution in [0.25, 0.3) is 0 Å². The molecule has 0 aromatic heterocycles. The minimum Gasteiger partial charge on any atom is -0.391 e. The van der Waals surface area contributed by atoms with Crippen LogP contribution in [-0.4, -0.2) is 35.2 Å². The molecule has 0 amide bonds. The van der Waals surface area contributed by atoms with Crippen LogP contribution in [0.15, 0.2) is 0 Å². The van der Waals surface area contributed by atoms with Gasteiger partial charge in [-0.15, -0.1) is 0 Å². The Morgan fingerprint density at radius 1 is 1.14 bits per heavy atom. The van der Waals surface area contributed by atoms with Crippen LogP contribution in [0.1, 0.15) is 45.4 Å². The first kappa shape index (κ1) is 10.4. The number of likely N-dealkylation sites (tertiary alicyclic amines) is 1. The van der Waals surface area contributed by atoms with Crippen LogP contribution in [0.5, 0.6) is 0 Å². The number of hydrogen-bond acceptors (Lipinski definition) is 2. The highest BCUT2D eigenvalue weighted by Crippen LogP contribution is 2.28. The smallest absolute Gasteiger partial charge is 0.0695 e. The van der Waals surface area contributed by atoms with E-state index in [4.69, 9.17) is 0 Å². The molecule has 1 saturated carbocycles. The Bertz CT molecular complexity index is 175. The summed E-state index contributed by atoms with van der Waals surface area (Å²) in [5.74, 6) is 0.949. The summed E-state index contributed by atoms with van der Waals surface area (Å²) in [6, 6.07) is 0.493. The molecule has 1 saturated heterocycles. The zero-order valence-corrected chi connectivity index (χ0v) is 9.28. The van der Waals surface area contributed by atoms with Crippen molar-refractivity contribution in [2.45, 2.75) is 57.6 Å². The summed E-state index contributed by atoms with van der Waals surface area (Å²) in [7, 11) is 0. The first-order valence-corrected chi connectivity index (χ1v) is 6.23. The Hall–Kier alpha value is -0.0800. The lowest BCUT2D eigenvalue weighted by Crippen LogP contribution is -2.44. The third-order valence-electron chi connectivity index (χ3n) is 4.14. The van der Waals surface area contributed by atoms with E-state index in [1.54, 1.807) is 0 Å². The molecule has 0 spiro atoms. The van der Waals surface area contributed by atoms with Gasteiger partial charge in [0.15, 0.2) is 0 Å². The second-order valence-electron chi connectivity index (χ2n) is 4.95. The van der Waals surface area contributed by atoms with Gasteiger partial charge in [-0.25, -0.2) is 0 Å². The van der Waals surface area contributed by atoms with Gasteiger partial charge in [-0.1, -0.05) is 13.3 Å². The third-order valence-corrected chi connectivity index (χ3v) is 4.14. The maximum absolute atomic E-state index is 9.82. The fraction of sp³-hybridized carbons (Fsp3) is 1.00. The first-order valence-electron chi connectivity index (χ1n) is 6.23. The maximum atomic E-state index is 9.82. The van der Waals surface area contributed by atoms with Gasteiger partial charge in [0.25, 0.3) is 0 Å². The standard InChI is InChI=1S/C12H23NO/c1-2-10-6-8-13(9-7-10)11-4-3-5-12(11)14/h10-12,14H,2-9H2,1H3/t11-,12-/m0/s1. The molecule has 2 atom stereocenters. The minimum atomic E-state index is -0.0341. The van der Waals surface area contributed by atoms with Crippen LogP contribution in [0, 0.1) is 5.92 Å². The van der Waals surface area contributed by atoms with Crippen LogP contribution in [0.2, 0.25) is 0 Å². The molecule has 1 aliphatic heterocycles. The Morgan fingerprint density at radius 3 is 2.36 bits per heavy atom. The van der Waals surface area contributed by atoms with Gasteiger partial charge in [-0.05, 0) is 51.1 Å². The largest absolute Gasteiger partial charge is 0.391 e. The number of hydrogen-bond donors (Lipinski definition) is 1. The lowest BCUT2D eigenvalue weighted by molar-refractivity contribution is 0.0478. The van der Waals surface area contributed by atoms with Gasteiger partial charge in [0.1, 0.15) is 0 Å². The van der Waals surface area contributed by atoms with E-state index < -0.39 is 0 Å². The molecule has 0 unspecified atom stereocenters. The van der Waals surface area contributed by atoms with Crippen molar-refractivity contribution in [3.8, 4) is 0 Å². The molecule has 2 nitrogen and oxygen atoms in total. The Labute approximate surface area is 87.3 Å². The molecule has 1 N–H and O–H groups in total. The van der Waals surface area contributed by atoms with E-state index in [1.165, 1.54) is 45.2 Å². The summed E-state index contributed by atoms with van der Waals surface area (Å²) in [6.45, 7) is 4.74. The average molecular weight is 197 g/mol. The molecule has 0 bridgehead atoms. The Balaban J connectivity index is 1.82. The third kappa shape index (κ3) is 2.12. The van der Waals surface area contributed by atoms with E-state index in [0.29, 0.717) is 6.04 Å². The highest BCUT2D eigenvalue weighted by atomic mass is 16.3. The van der Waals surface area contributed by atoms with E-state index >= 15 is 0 Å². The average Bonchev–Trinajstić information content (AvgIpc) is 2.65. The van der Waals surface area contributed by atoms with Gasteiger partial charge in [-0.3, -0.25) is 4.90 Å². The lowest BCUT2D eigenvalue weighted by atomic mass is 9.93. The number of aliphatic hydroxyl groups is 1. The molecular weight excluding hydrogens is 174 g/mol. The van der Waals surface area contributed by atoms with Crippen molar-refractivity contribution >= 4 is 0 Å². The molecule has 0 aromatic carbocycles. The summed E-state index contributed by atoms with van der Waals surface area (Å²) in [6.07, 6.45) is 7.46. The lowest BCUT2D eigenvalue weighted by Gasteiger charge is -2.37. The summed E-state index contributed by atoms with van der Waals surface area (Å²) < 4.78 is 0. The quantitative estimate of drug-likeness (QED) is 0.732. The topological polar surface area (TPSA) is 23.5 Å². The Morgan fingerprint density at radius 2 is 1.86 bits per heavy atom. The second kappa shape index (κ2) is 4.63. The SMILES string of the molecule is CCC1CCN([C@H]2CCC[C@@H]2O)CC1. The molecule has 1 aliphatic carbocycles. The maximum Gasteiger partial charge on any atom is 0.0695 e. The predicted molar refractivity (Wildman–Crippen MR) is 58.2 cm³/mol. The van der Waals surface area contributed by atoms with Gasteiger partial charge in [-0.2, -0.15) is 0 Å². The summed E-state index contributed by atoms with van der Waals surface area (Å²) >= 11 is 0. The van der Waals surface area contributed by atoms with Gasteiger partial charge < -0.3 is 5.11 Å². The van der Waals surface area contributed by atoms with Crippen molar-refractivity contribution in [2.24, 2.45) is 5.92 Å². The second-order valence-corrected chi connectivity index (χ2v) is 4.95. The number of aliphatic hydroxyl groups excluding tert-OH is 1. The van der Waals surface area contributed by atoms with Crippen molar-refractivity contribution in [1.82, 2.24) is 4.90 Å². The highest BCUT2D eigenvalue weighted by Gasteiger charge is 2.32. The van der Waals surface area contributed by atoms with Crippen LogP contribution in [0.3, 0.4) is 0 Å². The number of rotatable bonds is 2. The van der Waals surface area contributed by atoms with E-state index in [9.17, 15) is 5.11 Å². The Kier molecular flexibility index (Phi) is 3.45. The van der Waals surface area contributed by atoms with Crippen molar-refractivity contribution in [1.29, 1.82) is 0 Å². The zero-order chi connectivity index (χ0) is 9.97. The zero-order valence-electron chi connectivity index (χ0n) is 9.28. The minimum absolute atomic E-state index is 0.0341. The molecule has 2 heteroatoms. The van der Waals surface area contributed by atoms with E-state index in [2.05, 4.69) is 11.8 Å². The van der Waals surface area contributed by atoms with Gasteiger partial charge in [0, 0.05) is 6.04 Å². The van der Waals surface area contributed by atoms with Crippen molar-refractivity contribution in [3.05, 3.63) is 0 Å². The van der Waals surface area contributed by atoms with Crippen molar-refractivity contribution in [2.75, 3.05) is 13.1 Å². The van der Waals surface area contributed by atoms with E-state index in [-0.39, 0.29) is 6.10 Å². The molecule has 0 radical (unpaired) electrons. The monoisotopic (exact) mass is 197 g/mol. The van der Waals surface area contributed by atoms with Crippen molar-refractivity contribution < 1.29 is 5.11 Å². The van der Waals surface area contributed by atoms with E-state index in [0.717, 1.165) is 12.3 Å². The molecule has 1 heterocycles. The van der Waals surface area contributed by atoms with Gasteiger partial charge in [0.05, 0.1) is 6.10 Å². The van der Waals surface area contributed by atoms with E-state index in [1.807, 2.05) is 0 Å². The fourth-order valence-corrected chi connectivity index (χ4v) is 3.04. The molecule has 2 rings (SSSR count). The summed E-state index contributed by atoms with van der Waals surface area (Å²) in [5.41, 5.74) is 0. The number of piperidine rings is 1. The molecule has 14 heavy (non-hydrogen) atoms. The molecule has 82 valence electrons. The van der Waals surface area contributed by atoms with Crippen molar-refractivity contribution in [3.63, 3.8) is 0 Å². The number of nitrogens with zero attached hydrogens (tertiary/aromatic N) is 1. The van der Waals surface area contributed by atoms with Gasteiger partial charge >= 0.3 is 0 Å². The van der Waals surface area contributed by atoms with Crippen LogP contribution >= 0.6 is 0 Å². The van der Waals surface area contributed by atoms with Crippen LogP contribution in [-0.2, 0) is 0 Å². The predicted octanol–water partition coefficient (Wildman–Crippen LogP) is 2.02. The molecule has 2 aliphatic rings. The first-order chi connectivity index (χ1) is 6.81. The molecule has 2 fully saturated rings. The van der Waals surface area contributed by atoms with Crippen LogP contribution in [0.4, 0.5) is 0 Å². The van der Waals surface area contributed by atoms with Gasteiger partial charge in [0.2, 0.25) is 0 Å². The summed E-state index contributed by atoms with van der Waals surface area (Å²) in [5, 5.41) is 9.82. The normalized spacial score (nSPS) is 36.4. The molecular formula is C12H23NO. The molecule has 0 aromatic rings. The van der Waals surface area contributed by atoms with Crippen LogP contribution < -0.4 is 0 Å². The fourth-order valence-electron chi connectivity index (χ4n) is 3.04. The highest BCUT2D eigenvalue weighted by molar-refractivity contribution is 4.87. The summed E-state index contributed by atoms with van der Waals surface area (Å²) in [4.78, 5) is 2.53.